The number of likely N-dealkylation sites (tertiary alicyclic amines) is 1. The minimum absolute atomic E-state index is 0.160. The molecule has 0 radical (unpaired) electrons. The van der Waals surface area contributed by atoms with Crippen LogP contribution in [-0.4, -0.2) is 42.8 Å². The predicted molar refractivity (Wildman–Crippen MR) is 84.5 cm³/mol. The average Bonchev–Trinajstić information content (AvgIpc) is 2.54. The van der Waals surface area contributed by atoms with E-state index >= 15 is 0 Å². The van der Waals surface area contributed by atoms with Gasteiger partial charge in [-0.25, -0.2) is 0 Å². The van der Waals surface area contributed by atoms with Gasteiger partial charge in [0.2, 0.25) is 0 Å². The molecule has 1 aromatic carbocycles. The highest BCUT2D eigenvalue weighted by molar-refractivity contribution is 5.70. The van der Waals surface area contributed by atoms with Crippen LogP contribution in [0.25, 0.3) is 0 Å². The summed E-state index contributed by atoms with van der Waals surface area (Å²) in [4.78, 5) is 13.5. The van der Waals surface area contributed by atoms with E-state index in [1.807, 2.05) is 25.1 Å². The van der Waals surface area contributed by atoms with Crippen LogP contribution in [0.4, 0.5) is 0 Å². The quantitative estimate of drug-likeness (QED) is 0.875. The van der Waals surface area contributed by atoms with Gasteiger partial charge in [-0.1, -0.05) is 6.07 Å². The molecule has 0 aromatic heterocycles. The van der Waals surface area contributed by atoms with Crippen LogP contribution in [0.5, 0.6) is 11.5 Å². The summed E-state index contributed by atoms with van der Waals surface area (Å²) >= 11 is 0. The standard InChI is InChI=1S/C17H25NO4/c1-4-22-16-10-13(7-8-15(16)21-3)12(2)18-9-5-6-14(11-18)17(19)20/h7-8,10,12,14H,4-6,9,11H2,1-3H3,(H,19,20). The molecule has 2 unspecified atom stereocenters. The minimum Gasteiger partial charge on any atom is -0.493 e. The van der Waals surface area contributed by atoms with Gasteiger partial charge in [0.1, 0.15) is 0 Å². The maximum absolute atomic E-state index is 11.2. The average molecular weight is 307 g/mol. The molecule has 2 atom stereocenters. The van der Waals surface area contributed by atoms with Gasteiger partial charge >= 0.3 is 5.97 Å². The molecule has 22 heavy (non-hydrogen) atoms. The summed E-state index contributed by atoms with van der Waals surface area (Å²) in [6.07, 6.45) is 1.70. The number of carbonyl (C=O) groups is 1. The Kier molecular flexibility index (Phi) is 5.66. The number of carboxylic acid groups (broad SMARTS) is 1. The van der Waals surface area contributed by atoms with E-state index in [0.717, 1.165) is 36.4 Å². The molecule has 1 aromatic rings. The monoisotopic (exact) mass is 307 g/mol. The molecule has 1 aliphatic rings. The molecule has 0 amide bonds. The van der Waals surface area contributed by atoms with Gasteiger partial charge in [0.25, 0.3) is 0 Å². The third kappa shape index (κ3) is 3.71. The lowest BCUT2D eigenvalue weighted by atomic mass is 9.95. The van der Waals surface area contributed by atoms with E-state index < -0.39 is 5.97 Å². The number of rotatable bonds is 6. The third-order valence-corrected chi connectivity index (χ3v) is 4.32. The Morgan fingerprint density at radius 2 is 2.23 bits per heavy atom. The zero-order valence-corrected chi connectivity index (χ0v) is 13.5. The molecule has 1 heterocycles. The molecular formula is C17H25NO4. The first-order chi connectivity index (χ1) is 10.6. The summed E-state index contributed by atoms with van der Waals surface area (Å²) in [5, 5.41) is 9.23. The van der Waals surface area contributed by atoms with Gasteiger partial charge < -0.3 is 14.6 Å². The summed E-state index contributed by atoms with van der Waals surface area (Å²) in [5.41, 5.74) is 1.12. The number of methoxy groups -OCH3 is 1. The van der Waals surface area contributed by atoms with Crippen LogP contribution in [-0.2, 0) is 4.79 Å². The molecule has 1 fully saturated rings. The molecule has 1 aliphatic heterocycles. The topological polar surface area (TPSA) is 59.0 Å². The predicted octanol–water partition coefficient (Wildman–Crippen LogP) is 2.95. The van der Waals surface area contributed by atoms with E-state index in [4.69, 9.17) is 9.47 Å². The number of hydrogen-bond acceptors (Lipinski definition) is 4. The van der Waals surface area contributed by atoms with Crippen LogP contribution in [0.1, 0.15) is 38.3 Å². The zero-order chi connectivity index (χ0) is 16.1. The SMILES string of the molecule is CCOc1cc(C(C)N2CCCC(C(=O)O)C2)ccc1OC. The molecule has 0 spiro atoms. The van der Waals surface area contributed by atoms with Crippen LogP contribution >= 0.6 is 0 Å². The molecule has 0 bridgehead atoms. The molecular weight excluding hydrogens is 282 g/mol. The van der Waals surface area contributed by atoms with Crippen LogP contribution in [0, 0.1) is 5.92 Å². The molecule has 5 heteroatoms. The normalized spacial score (nSPS) is 20.4. The van der Waals surface area contributed by atoms with Gasteiger partial charge in [-0.3, -0.25) is 9.69 Å². The fourth-order valence-corrected chi connectivity index (χ4v) is 2.99. The molecule has 0 saturated carbocycles. The molecule has 0 aliphatic carbocycles. The van der Waals surface area contributed by atoms with E-state index in [1.54, 1.807) is 7.11 Å². The molecule has 122 valence electrons. The van der Waals surface area contributed by atoms with Crippen LogP contribution < -0.4 is 9.47 Å². The van der Waals surface area contributed by atoms with Crippen LogP contribution in [0.15, 0.2) is 18.2 Å². The van der Waals surface area contributed by atoms with Crippen LogP contribution in [0.2, 0.25) is 0 Å². The summed E-state index contributed by atoms with van der Waals surface area (Å²) in [7, 11) is 1.63. The summed E-state index contributed by atoms with van der Waals surface area (Å²) in [6.45, 7) is 6.17. The van der Waals surface area contributed by atoms with Crippen molar-refractivity contribution in [3.63, 3.8) is 0 Å². The van der Waals surface area contributed by atoms with Gasteiger partial charge in [0.05, 0.1) is 19.6 Å². The first-order valence-corrected chi connectivity index (χ1v) is 7.84. The number of benzene rings is 1. The Morgan fingerprint density at radius 1 is 1.45 bits per heavy atom. The molecule has 5 nitrogen and oxygen atoms in total. The fourth-order valence-electron chi connectivity index (χ4n) is 2.99. The van der Waals surface area contributed by atoms with Crippen molar-refractivity contribution in [1.29, 1.82) is 0 Å². The lowest BCUT2D eigenvalue weighted by Crippen LogP contribution is -2.40. The Morgan fingerprint density at radius 3 is 2.86 bits per heavy atom. The van der Waals surface area contributed by atoms with E-state index in [9.17, 15) is 9.90 Å². The first kappa shape index (κ1) is 16.6. The second-order valence-electron chi connectivity index (χ2n) is 5.69. The lowest BCUT2D eigenvalue weighted by molar-refractivity contribution is -0.143. The number of carboxylic acids is 1. The van der Waals surface area contributed by atoms with Crippen molar-refractivity contribution < 1.29 is 19.4 Å². The highest BCUT2D eigenvalue weighted by Gasteiger charge is 2.28. The maximum atomic E-state index is 11.2. The maximum Gasteiger partial charge on any atom is 0.307 e. The summed E-state index contributed by atoms with van der Waals surface area (Å²) in [6, 6.07) is 6.09. The van der Waals surface area contributed by atoms with E-state index in [-0.39, 0.29) is 12.0 Å². The number of piperidine rings is 1. The van der Waals surface area contributed by atoms with Gasteiger partial charge in [-0.05, 0) is 50.9 Å². The Balaban J connectivity index is 2.16. The van der Waals surface area contributed by atoms with Crippen LogP contribution in [0.3, 0.4) is 0 Å². The van der Waals surface area contributed by atoms with Crippen molar-refractivity contribution in [3.8, 4) is 11.5 Å². The number of ether oxygens (including phenoxy) is 2. The van der Waals surface area contributed by atoms with Gasteiger partial charge in [0, 0.05) is 12.6 Å². The molecule has 1 N–H and O–H groups in total. The second-order valence-corrected chi connectivity index (χ2v) is 5.69. The Hall–Kier alpha value is -1.75. The molecule has 2 rings (SSSR count). The van der Waals surface area contributed by atoms with E-state index in [1.165, 1.54) is 0 Å². The summed E-state index contributed by atoms with van der Waals surface area (Å²) < 4.78 is 10.9. The Bertz CT molecular complexity index is 517. The number of hydrogen-bond donors (Lipinski definition) is 1. The van der Waals surface area contributed by atoms with Crippen molar-refractivity contribution in [2.24, 2.45) is 5.92 Å². The van der Waals surface area contributed by atoms with E-state index in [2.05, 4.69) is 11.8 Å². The number of aliphatic carboxylic acids is 1. The minimum atomic E-state index is -0.693. The van der Waals surface area contributed by atoms with Crippen molar-refractivity contribution in [2.75, 3.05) is 26.8 Å². The first-order valence-electron chi connectivity index (χ1n) is 7.84. The summed E-state index contributed by atoms with van der Waals surface area (Å²) in [5.74, 6) is 0.503. The lowest BCUT2D eigenvalue weighted by Gasteiger charge is -2.35. The largest absolute Gasteiger partial charge is 0.493 e. The van der Waals surface area contributed by atoms with Gasteiger partial charge in [-0.15, -0.1) is 0 Å². The third-order valence-electron chi connectivity index (χ3n) is 4.32. The van der Waals surface area contributed by atoms with Crippen molar-refractivity contribution in [3.05, 3.63) is 23.8 Å². The highest BCUT2D eigenvalue weighted by Crippen LogP contribution is 2.33. The van der Waals surface area contributed by atoms with E-state index in [0.29, 0.717) is 13.2 Å². The zero-order valence-electron chi connectivity index (χ0n) is 13.5. The van der Waals surface area contributed by atoms with Crippen molar-refractivity contribution >= 4 is 5.97 Å². The number of nitrogens with zero attached hydrogens (tertiary/aromatic N) is 1. The fraction of sp³-hybridized carbons (Fsp3) is 0.588. The second kappa shape index (κ2) is 7.49. The van der Waals surface area contributed by atoms with Gasteiger partial charge in [0.15, 0.2) is 11.5 Å². The van der Waals surface area contributed by atoms with Gasteiger partial charge in [-0.2, -0.15) is 0 Å². The molecule has 1 saturated heterocycles. The van der Waals surface area contributed by atoms with Crippen molar-refractivity contribution in [1.82, 2.24) is 4.90 Å². The van der Waals surface area contributed by atoms with Crippen molar-refractivity contribution in [2.45, 2.75) is 32.7 Å². The Labute approximate surface area is 131 Å². The smallest absolute Gasteiger partial charge is 0.307 e. The highest BCUT2D eigenvalue weighted by atomic mass is 16.5.